The van der Waals surface area contributed by atoms with Gasteiger partial charge in [-0.1, -0.05) is 72.9 Å². The molecule has 0 bridgehead atoms. The van der Waals surface area contributed by atoms with Gasteiger partial charge >= 0.3 is 0 Å². The van der Waals surface area contributed by atoms with Gasteiger partial charge in [-0.3, -0.25) is 4.79 Å². The summed E-state index contributed by atoms with van der Waals surface area (Å²) in [6.07, 6.45) is 15.4. The lowest BCUT2D eigenvalue weighted by molar-refractivity contribution is -0.104. The fourth-order valence-corrected chi connectivity index (χ4v) is 1.10. The molecular weight excluding hydrogens is 196 g/mol. The lowest BCUT2D eigenvalue weighted by Gasteiger charge is -1.87. The van der Waals surface area contributed by atoms with E-state index >= 15 is 0 Å². The van der Waals surface area contributed by atoms with Crippen molar-refractivity contribution in [1.82, 2.24) is 0 Å². The standard InChI is InChI=1S/C15H14O/c16-14-10-5-3-1-2-4-7-11-15-12-8-6-9-13-15/h1-14H. The van der Waals surface area contributed by atoms with Gasteiger partial charge in [-0.2, -0.15) is 0 Å². The fourth-order valence-electron chi connectivity index (χ4n) is 1.10. The molecular formula is C15H14O. The molecule has 0 amide bonds. The van der Waals surface area contributed by atoms with Crippen LogP contribution in [0.2, 0.25) is 0 Å². The van der Waals surface area contributed by atoms with Gasteiger partial charge in [-0.15, -0.1) is 0 Å². The average molecular weight is 210 g/mol. The number of hydrogen-bond donors (Lipinski definition) is 0. The Morgan fingerprint density at radius 1 is 0.688 bits per heavy atom. The molecule has 1 nitrogen and oxygen atoms in total. The Morgan fingerprint density at radius 2 is 1.25 bits per heavy atom. The second-order valence-electron chi connectivity index (χ2n) is 3.06. The molecule has 0 aliphatic carbocycles. The molecule has 0 saturated carbocycles. The molecule has 0 fully saturated rings. The highest BCUT2D eigenvalue weighted by atomic mass is 16.1. The summed E-state index contributed by atoms with van der Waals surface area (Å²) >= 11 is 0. The zero-order chi connectivity index (χ0) is 11.5. The molecule has 0 unspecified atom stereocenters. The van der Waals surface area contributed by atoms with Crippen molar-refractivity contribution in [3.63, 3.8) is 0 Å². The molecule has 0 saturated heterocycles. The molecule has 0 heterocycles. The molecule has 0 radical (unpaired) electrons. The molecule has 0 N–H and O–H groups in total. The number of hydrogen-bond acceptors (Lipinski definition) is 1. The van der Waals surface area contributed by atoms with E-state index in [-0.39, 0.29) is 0 Å². The van der Waals surface area contributed by atoms with Crippen LogP contribution >= 0.6 is 0 Å². The summed E-state index contributed by atoms with van der Waals surface area (Å²) in [5, 5.41) is 0. The minimum absolute atomic E-state index is 0.753. The summed E-state index contributed by atoms with van der Waals surface area (Å²) in [4.78, 5) is 9.95. The Morgan fingerprint density at radius 3 is 1.88 bits per heavy atom. The Hall–Kier alpha value is -2.15. The normalized spacial score (nSPS) is 12.2. The third-order valence-electron chi connectivity index (χ3n) is 1.83. The molecule has 1 aromatic carbocycles. The lowest BCUT2D eigenvalue weighted by Crippen LogP contribution is -1.66. The fraction of sp³-hybridized carbons (Fsp3) is 0. The van der Waals surface area contributed by atoms with Gasteiger partial charge < -0.3 is 0 Å². The van der Waals surface area contributed by atoms with Crippen LogP contribution in [0.15, 0.2) is 72.9 Å². The third kappa shape index (κ3) is 5.55. The predicted octanol–water partition coefficient (Wildman–Crippen LogP) is 3.57. The average Bonchev–Trinajstić information content (AvgIpc) is 2.34. The number of benzene rings is 1. The van der Waals surface area contributed by atoms with Gasteiger partial charge in [0.05, 0.1) is 0 Å². The molecule has 16 heavy (non-hydrogen) atoms. The second kappa shape index (κ2) is 8.18. The van der Waals surface area contributed by atoms with E-state index in [1.54, 1.807) is 12.2 Å². The van der Waals surface area contributed by atoms with Crippen molar-refractivity contribution in [1.29, 1.82) is 0 Å². The van der Waals surface area contributed by atoms with Gasteiger partial charge in [-0.05, 0) is 11.6 Å². The van der Waals surface area contributed by atoms with Crippen molar-refractivity contribution < 1.29 is 4.79 Å². The van der Waals surface area contributed by atoms with Crippen LogP contribution in [-0.2, 0) is 4.79 Å². The van der Waals surface area contributed by atoms with E-state index in [2.05, 4.69) is 0 Å². The van der Waals surface area contributed by atoms with Crippen LogP contribution in [0, 0.1) is 0 Å². The van der Waals surface area contributed by atoms with Crippen LogP contribution < -0.4 is 0 Å². The molecule has 1 rings (SSSR count). The van der Waals surface area contributed by atoms with Gasteiger partial charge in [0.2, 0.25) is 0 Å². The Balaban J connectivity index is 2.37. The van der Waals surface area contributed by atoms with E-state index in [9.17, 15) is 4.79 Å². The number of allylic oxidation sites excluding steroid dienone is 7. The van der Waals surface area contributed by atoms with Crippen LogP contribution in [0.1, 0.15) is 5.56 Å². The number of carbonyl (C=O) groups is 1. The maximum atomic E-state index is 9.95. The van der Waals surface area contributed by atoms with Crippen molar-refractivity contribution in [2.75, 3.05) is 0 Å². The zero-order valence-corrected chi connectivity index (χ0v) is 8.99. The van der Waals surface area contributed by atoms with E-state index in [0.717, 1.165) is 6.29 Å². The minimum Gasteiger partial charge on any atom is -0.299 e. The zero-order valence-electron chi connectivity index (χ0n) is 8.99. The monoisotopic (exact) mass is 210 g/mol. The van der Waals surface area contributed by atoms with Gasteiger partial charge in [0, 0.05) is 0 Å². The highest BCUT2D eigenvalue weighted by Crippen LogP contribution is 2.00. The van der Waals surface area contributed by atoms with Gasteiger partial charge in [0.15, 0.2) is 0 Å². The summed E-state index contributed by atoms with van der Waals surface area (Å²) in [6.45, 7) is 0. The second-order valence-corrected chi connectivity index (χ2v) is 3.06. The van der Waals surface area contributed by atoms with Crippen molar-refractivity contribution in [3.8, 4) is 0 Å². The van der Waals surface area contributed by atoms with Crippen LogP contribution in [0.3, 0.4) is 0 Å². The highest BCUT2D eigenvalue weighted by molar-refractivity contribution is 5.65. The van der Waals surface area contributed by atoms with Crippen molar-refractivity contribution in [2.45, 2.75) is 0 Å². The molecule has 0 aromatic heterocycles. The molecule has 0 aliphatic rings. The SMILES string of the molecule is O=CC=CC=CC=CC=Cc1ccccc1. The highest BCUT2D eigenvalue weighted by Gasteiger charge is 1.78. The number of aldehydes is 1. The Kier molecular flexibility index (Phi) is 6.10. The van der Waals surface area contributed by atoms with Gasteiger partial charge in [0.25, 0.3) is 0 Å². The van der Waals surface area contributed by atoms with E-state index in [1.807, 2.05) is 60.7 Å². The lowest BCUT2D eigenvalue weighted by atomic mass is 10.2. The summed E-state index contributed by atoms with van der Waals surface area (Å²) in [5.41, 5.74) is 1.18. The molecule has 0 spiro atoms. The Bertz CT molecular complexity index is 408. The maximum absolute atomic E-state index is 9.95. The smallest absolute Gasteiger partial charge is 0.142 e. The molecule has 0 atom stereocenters. The summed E-state index contributed by atoms with van der Waals surface area (Å²) < 4.78 is 0. The van der Waals surface area contributed by atoms with E-state index < -0.39 is 0 Å². The van der Waals surface area contributed by atoms with Crippen molar-refractivity contribution in [2.24, 2.45) is 0 Å². The van der Waals surface area contributed by atoms with Crippen LogP contribution in [0.4, 0.5) is 0 Å². The quantitative estimate of drug-likeness (QED) is 0.412. The third-order valence-corrected chi connectivity index (χ3v) is 1.83. The molecule has 80 valence electrons. The van der Waals surface area contributed by atoms with Crippen LogP contribution in [-0.4, -0.2) is 6.29 Å². The van der Waals surface area contributed by atoms with E-state index in [1.165, 1.54) is 11.6 Å². The van der Waals surface area contributed by atoms with Crippen LogP contribution in [0.5, 0.6) is 0 Å². The topological polar surface area (TPSA) is 17.1 Å². The largest absolute Gasteiger partial charge is 0.299 e. The number of carbonyl (C=O) groups excluding carboxylic acids is 1. The van der Waals surface area contributed by atoms with Gasteiger partial charge in [-0.25, -0.2) is 0 Å². The van der Waals surface area contributed by atoms with Crippen LogP contribution in [0.25, 0.3) is 6.08 Å². The minimum atomic E-state index is 0.753. The first kappa shape index (κ1) is 11.9. The Labute approximate surface area is 96.1 Å². The summed E-state index contributed by atoms with van der Waals surface area (Å²) in [7, 11) is 0. The molecule has 0 aliphatic heterocycles. The van der Waals surface area contributed by atoms with Crippen molar-refractivity contribution in [3.05, 3.63) is 78.4 Å². The maximum Gasteiger partial charge on any atom is 0.142 e. The molecule has 1 aromatic rings. The van der Waals surface area contributed by atoms with Crippen molar-refractivity contribution >= 4 is 12.4 Å². The first-order valence-electron chi connectivity index (χ1n) is 5.10. The van der Waals surface area contributed by atoms with E-state index in [0.29, 0.717) is 0 Å². The van der Waals surface area contributed by atoms with Gasteiger partial charge in [0.1, 0.15) is 6.29 Å². The summed E-state index contributed by atoms with van der Waals surface area (Å²) in [5.74, 6) is 0. The molecule has 1 heteroatoms. The van der Waals surface area contributed by atoms with E-state index in [4.69, 9.17) is 0 Å². The first-order valence-corrected chi connectivity index (χ1v) is 5.10. The number of rotatable bonds is 5. The summed E-state index contributed by atoms with van der Waals surface area (Å²) in [6, 6.07) is 10.1. The predicted molar refractivity (Wildman–Crippen MR) is 69.0 cm³/mol. The first-order chi connectivity index (χ1) is 7.93.